The summed E-state index contributed by atoms with van der Waals surface area (Å²) in [5.74, 6) is 0.920. The highest BCUT2D eigenvalue weighted by Crippen LogP contribution is 2.30. The number of methoxy groups -OCH3 is 1. The summed E-state index contributed by atoms with van der Waals surface area (Å²) >= 11 is 0. The van der Waals surface area contributed by atoms with E-state index in [0.29, 0.717) is 22.5 Å². The molecule has 0 aliphatic heterocycles. The summed E-state index contributed by atoms with van der Waals surface area (Å²) in [5.41, 5.74) is 2.55. The Bertz CT molecular complexity index is 805. The highest BCUT2D eigenvalue weighted by Gasteiger charge is 2.08. The van der Waals surface area contributed by atoms with E-state index in [1.165, 1.54) is 18.5 Å². The molecule has 0 unspecified atom stereocenters. The predicted molar refractivity (Wildman–Crippen MR) is 80.5 cm³/mol. The van der Waals surface area contributed by atoms with Crippen LogP contribution in [0, 0.1) is 12.7 Å². The fraction of sp³-hybridized carbons (Fsp3) is 0.125. The van der Waals surface area contributed by atoms with Crippen LogP contribution in [-0.4, -0.2) is 17.1 Å². The number of anilines is 2. The zero-order valence-electron chi connectivity index (χ0n) is 11.7. The molecule has 4 nitrogen and oxygen atoms in total. The van der Waals surface area contributed by atoms with Gasteiger partial charge in [-0.15, -0.1) is 0 Å². The van der Waals surface area contributed by atoms with Crippen molar-refractivity contribution in [2.45, 2.75) is 6.92 Å². The molecule has 1 heterocycles. The first-order valence-corrected chi connectivity index (χ1v) is 6.49. The molecule has 0 fully saturated rings. The van der Waals surface area contributed by atoms with Gasteiger partial charge in [0.2, 0.25) is 0 Å². The first kappa shape index (κ1) is 13.3. The van der Waals surface area contributed by atoms with Gasteiger partial charge in [-0.05, 0) is 42.8 Å². The summed E-state index contributed by atoms with van der Waals surface area (Å²) in [6.45, 7) is 1.99. The zero-order valence-corrected chi connectivity index (χ0v) is 11.7. The monoisotopic (exact) mass is 283 g/mol. The molecular formula is C16H14FN3O. The van der Waals surface area contributed by atoms with Gasteiger partial charge in [-0.3, -0.25) is 0 Å². The number of aromatic nitrogens is 2. The van der Waals surface area contributed by atoms with Crippen molar-refractivity contribution >= 4 is 22.4 Å². The lowest BCUT2D eigenvalue weighted by atomic mass is 10.2. The van der Waals surface area contributed by atoms with E-state index in [2.05, 4.69) is 15.3 Å². The molecule has 0 aliphatic rings. The first-order valence-electron chi connectivity index (χ1n) is 6.49. The molecule has 1 N–H and O–H groups in total. The van der Waals surface area contributed by atoms with Crippen LogP contribution in [0.2, 0.25) is 0 Å². The van der Waals surface area contributed by atoms with E-state index in [4.69, 9.17) is 4.74 Å². The van der Waals surface area contributed by atoms with Crippen LogP contribution in [0.1, 0.15) is 5.56 Å². The van der Waals surface area contributed by atoms with Gasteiger partial charge in [-0.2, -0.15) is 0 Å². The summed E-state index contributed by atoms with van der Waals surface area (Å²) in [7, 11) is 1.60. The van der Waals surface area contributed by atoms with Gasteiger partial charge in [0.25, 0.3) is 0 Å². The van der Waals surface area contributed by atoms with Gasteiger partial charge in [0.05, 0.1) is 18.3 Å². The molecule has 106 valence electrons. The van der Waals surface area contributed by atoms with Gasteiger partial charge in [0, 0.05) is 5.39 Å². The van der Waals surface area contributed by atoms with Crippen LogP contribution < -0.4 is 10.1 Å². The molecule has 3 aromatic rings. The summed E-state index contributed by atoms with van der Waals surface area (Å²) in [6.07, 6.45) is 1.45. The van der Waals surface area contributed by atoms with E-state index < -0.39 is 0 Å². The van der Waals surface area contributed by atoms with E-state index in [9.17, 15) is 4.39 Å². The van der Waals surface area contributed by atoms with Crippen LogP contribution in [0.15, 0.2) is 42.7 Å². The maximum absolute atomic E-state index is 13.5. The minimum atomic E-state index is -0.323. The zero-order chi connectivity index (χ0) is 14.8. The van der Waals surface area contributed by atoms with E-state index in [1.54, 1.807) is 13.2 Å². The van der Waals surface area contributed by atoms with Crippen molar-refractivity contribution in [2.24, 2.45) is 0 Å². The molecular weight excluding hydrogens is 269 g/mol. The number of hydrogen-bond donors (Lipinski definition) is 1. The van der Waals surface area contributed by atoms with E-state index in [0.717, 1.165) is 11.3 Å². The van der Waals surface area contributed by atoms with Crippen LogP contribution in [0.5, 0.6) is 5.75 Å². The highest BCUT2D eigenvalue weighted by molar-refractivity contribution is 5.91. The average molecular weight is 283 g/mol. The van der Waals surface area contributed by atoms with Gasteiger partial charge in [-0.25, -0.2) is 14.4 Å². The third kappa shape index (κ3) is 2.63. The molecule has 0 radical (unpaired) electrons. The van der Waals surface area contributed by atoms with E-state index >= 15 is 0 Å². The summed E-state index contributed by atoms with van der Waals surface area (Å²) in [5, 5.41) is 3.82. The van der Waals surface area contributed by atoms with Crippen molar-refractivity contribution in [1.82, 2.24) is 9.97 Å². The number of aryl methyl sites for hydroxylation is 1. The van der Waals surface area contributed by atoms with E-state index in [-0.39, 0.29) is 5.82 Å². The Hall–Kier alpha value is -2.69. The standard InChI is InChI=1S/C16H14FN3O/c1-10-3-6-15(21-2)14(7-10)20-16-12-8-11(17)4-5-13(12)18-9-19-16/h3-9H,1-2H3,(H,18,19,20). The Morgan fingerprint density at radius 1 is 1.10 bits per heavy atom. The normalized spacial score (nSPS) is 10.6. The number of hydrogen-bond acceptors (Lipinski definition) is 4. The number of fused-ring (bicyclic) bond motifs is 1. The molecule has 0 saturated carbocycles. The molecule has 3 rings (SSSR count). The SMILES string of the molecule is COc1ccc(C)cc1Nc1ncnc2ccc(F)cc12. The fourth-order valence-electron chi connectivity index (χ4n) is 2.18. The smallest absolute Gasteiger partial charge is 0.142 e. The molecule has 0 bridgehead atoms. The van der Waals surface area contributed by atoms with Crippen molar-refractivity contribution in [3.05, 3.63) is 54.1 Å². The fourth-order valence-corrected chi connectivity index (χ4v) is 2.18. The average Bonchev–Trinajstić information content (AvgIpc) is 2.48. The topological polar surface area (TPSA) is 47.0 Å². The first-order chi connectivity index (χ1) is 10.2. The lowest BCUT2D eigenvalue weighted by molar-refractivity contribution is 0.416. The second kappa shape index (κ2) is 5.36. The van der Waals surface area contributed by atoms with E-state index in [1.807, 2.05) is 25.1 Å². The quantitative estimate of drug-likeness (QED) is 0.793. The largest absolute Gasteiger partial charge is 0.495 e. The molecule has 0 spiro atoms. The third-order valence-electron chi connectivity index (χ3n) is 3.21. The number of benzene rings is 2. The van der Waals surface area contributed by atoms with Crippen LogP contribution in [0.4, 0.5) is 15.9 Å². The molecule has 1 aromatic heterocycles. The van der Waals surface area contributed by atoms with Crippen molar-refractivity contribution in [2.75, 3.05) is 12.4 Å². The third-order valence-corrected chi connectivity index (χ3v) is 3.21. The Balaban J connectivity index is 2.10. The lowest BCUT2D eigenvalue weighted by Crippen LogP contribution is -1.99. The van der Waals surface area contributed by atoms with Gasteiger partial charge in [-0.1, -0.05) is 6.07 Å². The molecule has 0 atom stereocenters. The van der Waals surface area contributed by atoms with Crippen molar-refractivity contribution in [3.63, 3.8) is 0 Å². The summed E-state index contributed by atoms with van der Waals surface area (Å²) < 4.78 is 18.8. The van der Waals surface area contributed by atoms with Crippen molar-refractivity contribution < 1.29 is 9.13 Å². The Labute approximate surface area is 121 Å². The second-order valence-electron chi connectivity index (χ2n) is 4.71. The predicted octanol–water partition coefficient (Wildman–Crippen LogP) is 3.83. The Morgan fingerprint density at radius 3 is 2.76 bits per heavy atom. The molecule has 21 heavy (non-hydrogen) atoms. The molecule has 0 aliphatic carbocycles. The number of ether oxygens (including phenoxy) is 1. The number of halogens is 1. The van der Waals surface area contributed by atoms with Crippen molar-refractivity contribution in [1.29, 1.82) is 0 Å². The molecule has 0 amide bonds. The minimum absolute atomic E-state index is 0.323. The Kier molecular flexibility index (Phi) is 3.39. The molecule has 0 saturated heterocycles. The van der Waals surface area contributed by atoms with Gasteiger partial charge >= 0.3 is 0 Å². The van der Waals surface area contributed by atoms with Crippen LogP contribution in [0.25, 0.3) is 10.9 Å². The number of nitrogens with zero attached hydrogens (tertiary/aromatic N) is 2. The van der Waals surface area contributed by atoms with Crippen LogP contribution >= 0.6 is 0 Å². The molecule has 2 aromatic carbocycles. The second-order valence-corrected chi connectivity index (χ2v) is 4.71. The van der Waals surface area contributed by atoms with Crippen molar-refractivity contribution in [3.8, 4) is 5.75 Å². The highest BCUT2D eigenvalue weighted by atomic mass is 19.1. The minimum Gasteiger partial charge on any atom is -0.495 e. The van der Waals surface area contributed by atoms with Crippen LogP contribution in [-0.2, 0) is 0 Å². The van der Waals surface area contributed by atoms with Crippen LogP contribution in [0.3, 0.4) is 0 Å². The molecule has 5 heteroatoms. The Morgan fingerprint density at radius 2 is 1.95 bits per heavy atom. The van der Waals surface area contributed by atoms with Gasteiger partial charge < -0.3 is 10.1 Å². The lowest BCUT2D eigenvalue weighted by Gasteiger charge is -2.12. The maximum Gasteiger partial charge on any atom is 0.142 e. The maximum atomic E-state index is 13.5. The van der Waals surface area contributed by atoms with Gasteiger partial charge in [0.15, 0.2) is 0 Å². The summed E-state index contributed by atoms with van der Waals surface area (Å²) in [4.78, 5) is 8.34. The number of nitrogens with one attached hydrogen (secondary N) is 1. The summed E-state index contributed by atoms with van der Waals surface area (Å²) in [6, 6.07) is 10.2. The number of rotatable bonds is 3. The van der Waals surface area contributed by atoms with Gasteiger partial charge in [0.1, 0.15) is 23.7 Å².